The Bertz CT molecular complexity index is 607. The number of carbonyl (C=O) groups excluding carboxylic acids is 2. The van der Waals surface area contributed by atoms with Crippen molar-refractivity contribution in [3.8, 4) is 0 Å². The van der Waals surface area contributed by atoms with E-state index in [9.17, 15) is 9.59 Å². The van der Waals surface area contributed by atoms with Crippen LogP contribution in [0.1, 0.15) is 105 Å². The Kier molecular flexibility index (Phi) is 14.5. The lowest BCUT2D eigenvalue weighted by Crippen LogP contribution is -2.10. The molecule has 0 aliphatic heterocycles. The first-order valence-electron chi connectivity index (χ1n) is 11.3. The molecular weight excluding hydrogens is 364 g/mol. The molecule has 0 N–H and O–H groups in total. The molecular formula is C25H38O4. The molecule has 4 heteroatoms. The molecule has 0 bridgehead atoms. The summed E-state index contributed by atoms with van der Waals surface area (Å²) in [7, 11) is 0. The first kappa shape index (κ1) is 24.9. The van der Waals surface area contributed by atoms with Gasteiger partial charge in [-0.15, -0.1) is 0 Å². The van der Waals surface area contributed by atoms with Crippen LogP contribution >= 0.6 is 0 Å². The summed E-state index contributed by atoms with van der Waals surface area (Å²) in [5.41, 5.74) is 0.767. The van der Waals surface area contributed by atoms with Crippen molar-refractivity contribution in [2.75, 3.05) is 13.2 Å². The van der Waals surface area contributed by atoms with Crippen LogP contribution in [0.3, 0.4) is 0 Å². The Morgan fingerprint density at radius 1 is 0.759 bits per heavy atom. The maximum atomic E-state index is 12.2. The van der Waals surface area contributed by atoms with Crippen LogP contribution in [-0.2, 0) is 9.47 Å². The molecule has 0 aliphatic rings. The van der Waals surface area contributed by atoms with Crippen LogP contribution < -0.4 is 0 Å². The van der Waals surface area contributed by atoms with Crippen molar-refractivity contribution in [1.29, 1.82) is 0 Å². The van der Waals surface area contributed by atoms with E-state index in [1.165, 1.54) is 44.9 Å². The molecule has 0 saturated heterocycles. The highest BCUT2D eigenvalue weighted by Crippen LogP contribution is 2.11. The van der Waals surface area contributed by atoms with Gasteiger partial charge < -0.3 is 9.47 Å². The Labute approximate surface area is 176 Å². The van der Waals surface area contributed by atoms with E-state index in [1.54, 1.807) is 24.3 Å². The molecule has 0 fully saturated rings. The summed E-state index contributed by atoms with van der Waals surface area (Å²) in [6.45, 7) is 5.05. The summed E-state index contributed by atoms with van der Waals surface area (Å²) in [6.07, 6.45) is 16.7. The molecule has 0 aliphatic carbocycles. The summed E-state index contributed by atoms with van der Waals surface area (Å²) >= 11 is 0. The molecule has 0 spiro atoms. The standard InChI is InChI=1S/C25H38O4/c1-3-5-7-9-10-11-12-13-15-20-29-25(27)23-18-16-17-22(21-23)24(26)28-19-14-8-6-4-2/h6,8,16-18,21H,3-5,7,9-15,19-20H2,1-2H3/b8-6-. The predicted molar refractivity (Wildman–Crippen MR) is 118 cm³/mol. The van der Waals surface area contributed by atoms with Gasteiger partial charge in [0.25, 0.3) is 0 Å². The second-order valence-electron chi connectivity index (χ2n) is 7.35. The highest BCUT2D eigenvalue weighted by Gasteiger charge is 2.12. The molecule has 0 atom stereocenters. The van der Waals surface area contributed by atoms with Crippen LogP contribution in [0.25, 0.3) is 0 Å². The van der Waals surface area contributed by atoms with E-state index in [4.69, 9.17) is 9.47 Å². The number of ether oxygens (including phenoxy) is 2. The van der Waals surface area contributed by atoms with Crippen LogP contribution in [0.15, 0.2) is 36.4 Å². The first-order chi connectivity index (χ1) is 14.2. The lowest BCUT2D eigenvalue weighted by Gasteiger charge is -2.07. The zero-order chi connectivity index (χ0) is 21.2. The average Bonchev–Trinajstić information content (AvgIpc) is 2.74. The number of esters is 2. The van der Waals surface area contributed by atoms with Gasteiger partial charge in [0, 0.05) is 0 Å². The molecule has 1 aromatic rings. The number of hydrogen-bond donors (Lipinski definition) is 0. The van der Waals surface area contributed by atoms with E-state index >= 15 is 0 Å². The molecule has 0 saturated carbocycles. The quantitative estimate of drug-likeness (QED) is 0.172. The highest BCUT2D eigenvalue weighted by atomic mass is 16.5. The van der Waals surface area contributed by atoms with Crippen LogP contribution in [0.4, 0.5) is 0 Å². The van der Waals surface area contributed by atoms with E-state index < -0.39 is 5.97 Å². The molecule has 1 aromatic carbocycles. The van der Waals surface area contributed by atoms with Crippen molar-refractivity contribution < 1.29 is 19.1 Å². The Morgan fingerprint density at radius 2 is 1.31 bits per heavy atom. The van der Waals surface area contributed by atoms with Crippen LogP contribution in [0.2, 0.25) is 0 Å². The second-order valence-corrected chi connectivity index (χ2v) is 7.35. The maximum Gasteiger partial charge on any atom is 0.338 e. The Balaban J connectivity index is 2.23. The molecule has 1 rings (SSSR count). The normalized spacial score (nSPS) is 11.0. The minimum atomic E-state index is -0.413. The third-order valence-electron chi connectivity index (χ3n) is 4.74. The van der Waals surface area contributed by atoms with E-state index in [1.807, 2.05) is 12.2 Å². The van der Waals surface area contributed by atoms with Crippen molar-refractivity contribution >= 4 is 11.9 Å². The van der Waals surface area contributed by atoms with Gasteiger partial charge in [0.05, 0.1) is 24.3 Å². The fourth-order valence-corrected chi connectivity index (χ4v) is 3.02. The smallest absolute Gasteiger partial charge is 0.338 e. The first-order valence-corrected chi connectivity index (χ1v) is 11.3. The molecule has 0 unspecified atom stereocenters. The zero-order valence-corrected chi connectivity index (χ0v) is 18.3. The SMILES string of the molecule is CC/C=C\CCOC(=O)c1cccc(C(=O)OCCCCCCCCCCC)c1. The van der Waals surface area contributed by atoms with Gasteiger partial charge in [-0.25, -0.2) is 9.59 Å². The van der Waals surface area contributed by atoms with Gasteiger partial charge in [-0.1, -0.05) is 83.4 Å². The number of rotatable bonds is 16. The van der Waals surface area contributed by atoms with Crippen LogP contribution in [0.5, 0.6) is 0 Å². The number of allylic oxidation sites excluding steroid dienone is 1. The fourth-order valence-electron chi connectivity index (χ4n) is 3.02. The van der Waals surface area contributed by atoms with E-state index in [-0.39, 0.29) is 5.97 Å². The minimum absolute atomic E-state index is 0.336. The van der Waals surface area contributed by atoms with Gasteiger partial charge in [-0.3, -0.25) is 0 Å². The third kappa shape index (κ3) is 12.1. The monoisotopic (exact) mass is 402 g/mol. The molecule has 0 aromatic heterocycles. The summed E-state index contributed by atoms with van der Waals surface area (Å²) in [5, 5.41) is 0. The molecule has 0 radical (unpaired) electrons. The number of carbonyl (C=O) groups is 2. The molecule has 4 nitrogen and oxygen atoms in total. The summed E-state index contributed by atoms with van der Waals surface area (Å²) in [6, 6.07) is 6.55. The van der Waals surface area contributed by atoms with Gasteiger partial charge in [-0.05, 0) is 37.5 Å². The topological polar surface area (TPSA) is 52.6 Å². The Hall–Kier alpha value is -2.10. The maximum absolute atomic E-state index is 12.2. The lowest BCUT2D eigenvalue weighted by molar-refractivity contribution is 0.0497. The van der Waals surface area contributed by atoms with Gasteiger partial charge in [0.1, 0.15) is 0 Å². The lowest BCUT2D eigenvalue weighted by atomic mass is 10.1. The van der Waals surface area contributed by atoms with Crippen molar-refractivity contribution in [2.45, 2.75) is 84.5 Å². The summed E-state index contributed by atoms with van der Waals surface area (Å²) < 4.78 is 10.6. The van der Waals surface area contributed by atoms with Crippen molar-refractivity contribution in [3.05, 3.63) is 47.5 Å². The van der Waals surface area contributed by atoms with E-state index in [2.05, 4.69) is 13.8 Å². The van der Waals surface area contributed by atoms with Crippen LogP contribution in [-0.4, -0.2) is 25.2 Å². The number of benzene rings is 1. The highest BCUT2D eigenvalue weighted by molar-refractivity contribution is 5.95. The molecule has 29 heavy (non-hydrogen) atoms. The fraction of sp³-hybridized carbons (Fsp3) is 0.600. The third-order valence-corrected chi connectivity index (χ3v) is 4.74. The van der Waals surface area contributed by atoms with Gasteiger partial charge >= 0.3 is 11.9 Å². The summed E-state index contributed by atoms with van der Waals surface area (Å²) in [4.78, 5) is 24.3. The molecule has 0 heterocycles. The second kappa shape index (κ2) is 16.8. The predicted octanol–water partition coefficient (Wildman–Crippen LogP) is 6.89. The number of hydrogen-bond acceptors (Lipinski definition) is 4. The van der Waals surface area contributed by atoms with Gasteiger partial charge in [0.2, 0.25) is 0 Å². The van der Waals surface area contributed by atoms with Crippen molar-refractivity contribution in [3.63, 3.8) is 0 Å². The zero-order valence-electron chi connectivity index (χ0n) is 18.3. The largest absolute Gasteiger partial charge is 0.462 e. The number of unbranched alkanes of at least 4 members (excludes halogenated alkanes) is 8. The van der Waals surface area contributed by atoms with Crippen molar-refractivity contribution in [2.24, 2.45) is 0 Å². The average molecular weight is 403 g/mol. The molecule has 0 amide bonds. The Morgan fingerprint density at radius 3 is 1.90 bits per heavy atom. The van der Waals surface area contributed by atoms with E-state index in [0.717, 1.165) is 19.3 Å². The van der Waals surface area contributed by atoms with Crippen LogP contribution in [0, 0.1) is 0 Å². The van der Waals surface area contributed by atoms with E-state index in [0.29, 0.717) is 30.8 Å². The van der Waals surface area contributed by atoms with Crippen molar-refractivity contribution in [1.82, 2.24) is 0 Å². The molecule has 162 valence electrons. The summed E-state index contributed by atoms with van der Waals surface area (Å²) in [5.74, 6) is -0.798. The minimum Gasteiger partial charge on any atom is -0.462 e. The van der Waals surface area contributed by atoms with Gasteiger partial charge in [0.15, 0.2) is 0 Å². The van der Waals surface area contributed by atoms with Gasteiger partial charge in [-0.2, -0.15) is 0 Å².